The summed E-state index contributed by atoms with van der Waals surface area (Å²) in [5, 5.41) is 11.4. The number of hydrogen-bond donors (Lipinski definition) is 0. The number of aromatic nitrogens is 1. The summed E-state index contributed by atoms with van der Waals surface area (Å²) in [5.74, 6) is -1.33. The maximum Gasteiger partial charge on any atom is 1.00 e. The zero-order valence-corrected chi connectivity index (χ0v) is 15.6. The van der Waals surface area contributed by atoms with Crippen molar-refractivity contribution in [3.8, 4) is 0 Å². The van der Waals surface area contributed by atoms with Crippen LogP contribution in [-0.2, 0) is 4.74 Å². The largest absolute Gasteiger partial charge is 1.00 e. The van der Waals surface area contributed by atoms with Crippen LogP contribution < -0.4 is 61.4 Å². The van der Waals surface area contributed by atoms with Crippen LogP contribution in [0, 0.1) is 0 Å². The van der Waals surface area contributed by atoms with E-state index >= 15 is 0 Å². The average Bonchev–Trinajstić information content (AvgIpc) is 2.81. The van der Waals surface area contributed by atoms with Gasteiger partial charge in [-0.25, -0.2) is 0 Å². The van der Waals surface area contributed by atoms with Crippen molar-refractivity contribution in [2.24, 2.45) is 0 Å². The third kappa shape index (κ3) is 3.44. The molecule has 21 heavy (non-hydrogen) atoms. The summed E-state index contributed by atoms with van der Waals surface area (Å²) in [6, 6.07) is 3.35. The predicted molar refractivity (Wildman–Crippen MR) is 71.0 cm³/mol. The molecule has 0 unspecified atom stereocenters. The molecule has 0 radical (unpaired) electrons. The summed E-state index contributed by atoms with van der Waals surface area (Å²) >= 11 is 5.88. The van der Waals surface area contributed by atoms with Crippen molar-refractivity contribution < 1.29 is 70.4 Å². The SMILES string of the molecule is C[C@H]1COCCN1c1nc2c(C(=O)[O-])cc(Cl)cc2o1.[K+]. The van der Waals surface area contributed by atoms with Gasteiger partial charge in [0.1, 0.15) is 5.52 Å². The Balaban J connectivity index is 0.00000161. The molecule has 1 aromatic heterocycles. The smallest absolute Gasteiger partial charge is 0.545 e. The van der Waals surface area contributed by atoms with Crippen LogP contribution in [0.2, 0.25) is 5.02 Å². The molecule has 106 valence electrons. The number of hydrogen-bond acceptors (Lipinski definition) is 6. The Hall–Kier alpha value is -0.154. The van der Waals surface area contributed by atoms with Gasteiger partial charge in [0.25, 0.3) is 6.01 Å². The van der Waals surface area contributed by atoms with E-state index in [0.29, 0.717) is 31.4 Å². The number of carbonyl (C=O) groups is 1. The van der Waals surface area contributed by atoms with Crippen LogP contribution in [0.4, 0.5) is 6.01 Å². The van der Waals surface area contributed by atoms with E-state index in [9.17, 15) is 9.90 Å². The number of carbonyl (C=O) groups excluding carboxylic acids is 1. The monoisotopic (exact) mass is 334 g/mol. The molecule has 2 heterocycles. The van der Waals surface area contributed by atoms with Gasteiger partial charge in [-0.05, 0) is 13.0 Å². The fourth-order valence-electron chi connectivity index (χ4n) is 2.27. The fourth-order valence-corrected chi connectivity index (χ4v) is 2.48. The van der Waals surface area contributed by atoms with Crippen molar-refractivity contribution >= 4 is 34.7 Å². The van der Waals surface area contributed by atoms with Crippen LogP contribution in [0.15, 0.2) is 16.5 Å². The molecule has 1 saturated heterocycles. The summed E-state index contributed by atoms with van der Waals surface area (Å²) in [5.41, 5.74) is 0.525. The zero-order chi connectivity index (χ0) is 14.3. The van der Waals surface area contributed by atoms with Gasteiger partial charge >= 0.3 is 51.4 Å². The normalized spacial score (nSPS) is 18.6. The molecular weight excluding hydrogens is 323 g/mol. The Morgan fingerprint density at radius 2 is 2.29 bits per heavy atom. The third-order valence-corrected chi connectivity index (χ3v) is 3.50. The van der Waals surface area contributed by atoms with Gasteiger partial charge in [0.2, 0.25) is 0 Å². The first-order chi connectivity index (χ1) is 9.56. The van der Waals surface area contributed by atoms with Gasteiger partial charge < -0.3 is 24.0 Å². The summed E-state index contributed by atoms with van der Waals surface area (Å²) in [4.78, 5) is 17.3. The molecule has 8 heteroatoms. The summed E-state index contributed by atoms with van der Waals surface area (Å²) in [6.07, 6.45) is 0. The van der Waals surface area contributed by atoms with Crippen molar-refractivity contribution in [1.82, 2.24) is 4.98 Å². The van der Waals surface area contributed by atoms with Crippen LogP contribution in [-0.4, -0.2) is 36.8 Å². The van der Waals surface area contributed by atoms with Crippen LogP contribution >= 0.6 is 11.6 Å². The number of fused-ring (bicyclic) bond motifs is 1. The van der Waals surface area contributed by atoms with Gasteiger partial charge in [0.05, 0.1) is 25.2 Å². The topological polar surface area (TPSA) is 78.6 Å². The Kier molecular flexibility index (Phi) is 5.69. The van der Waals surface area contributed by atoms with Crippen LogP contribution in [0.1, 0.15) is 17.3 Å². The first-order valence-electron chi connectivity index (χ1n) is 6.22. The van der Waals surface area contributed by atoms with Crippen molar-refractivity contribution in [2.75, 3.05) is 24.7 Å². The molecule has 2 aromatic rings. The van der Waals surface area contributed by atoms with E-state index < -0.39 is 5.97 Å². The molecule has 0 saturated carbocycles. The molecule has 0 N–H and O–H groups in total. The van der Waals surface area contributed by atoms with Crippen molar-refractivity contribution in [3.05, 3.63) is 22.7 Å². The number of carboxylic acids is 1. The van der Waals surface area contributed by atoms with E-state index in [1.807, 2.05) is 11.8 Å². The first kappa shape index (κ1) is 17.2. The minimum atomic E-state index is -1.33. The van der Waals surface area contributed by atoms with E-state index in [2.05, 4.69) is 4.98 Å². The maximum absolute atomic E-state index is 11.1. The molecule has 3 rings (SSSR count). The number of oxazole rings is 1. The van der Waals surface area contributed by atoms with E-state index in [0.717, 1.165) is 0 Å². The molecule has 1 atom stereocenters. The quantitative estimate of drug-likeness (QED) is 0.595. The van der Waals surface area contributed by atoms with Crippen molar-refractivity contribution in [1.29, 1.82) is 0 Å². The number of benzene rings is 1. The Labute approximate surface area is 168 Å². The third-order valence-electron chi connectivity index (χ3n) is 3.28. The van der Waals surface area contributed by atoms with Crippen LogP contribution in [0.5, 0.6) is 0 Å². The molecule has 0 aliphatic carbocycles. The second-order valence-corrected chi connectivity index (χ2v) is 5.14. The van der Waals surface area contributed by atoms with E-state index in [1.54, 1.807) is 6.07 Å². The van der Waals surface area contributed by atoms with Crippen LogP contribution in [0.25, 0.3) is 11.1 Å². The minimum Gasteiger partial charge on any atom is -0.545 e. The Morgan fingerprint density at radius 1 is 1.52 bits per heavy atom. The van der Waals surface area contributed by atoms with Gasteiger partial charge in [-0.1, -0.05) is 11.6 Å². The molecule has 0 spiro atoms. The molecule has 1 fully saturated rings. The van der Waals surface area contributed by atoms with E-state index in [1.165, 1.54) is 6.07 Å². The number of rotatable bonds is 2. The molecular formula is C13H12ClKN2O4. The van der Waals surface area contributed by atoms with Crippen LogP contribution in [0.3, 0.4) is 0 Å². The standard InChI is InChI=1S/C13H13ClN2O4.K/c1-7-6-19-3-2-16(7)13-15-11-9(12(17)18)4-8(14)5-10(11)20-13;/h4-5,7H,2-3,6H2,1H3,(H,17,18);/q;+1/p-1/t7-;/m0./s1. The average molecular weight is 335 g/mol. The van der Waals surface area contributed by atoms with Gasteiger partial charge in [-0.2, -0.15) is 4.98 Å². The Bertz CT molecular complexity index is 675. The second kappa shape index (κ2) is 6.95. The number of nitrogens with zero attached hydrogens (tertiary/aromatic N) is 2. The Morgan fingerprint density at radius 3 is 2.95 bits per heavy atom. The van der Waals surface area contributed by atoms with E-state index in [-0.39, 0.29) is 73.5 Å². The summed E-state index contributed by atoms with van der Waals surface area (Å²) < 4.78 is 11.0. The predicted octanol–water partition coefficient (Wildman–Crippen LogP) is -1.93. The van der Waals surface area contributed by atoms with Crippen molar-refractivity contribution in [3.63, 3.8) is 0 Å². The van der Waals surface area contributed by atoms with Gasteiger partial charge in [0, 0.05) is 23.2 Å². The van der Waals surface area contributed by atoms with Gasteiger partial charge in [-0.3, -0.25) is 0 Å². The molecule has 6 nitrogen and oxygen atoms in total. The first-order valence-corrected chi connectivity index (χ1v) is 6.60. The van der Waals surface area contributed by atoms with Gasteiger partial charge in [-0.15, -0.1) is 0 Å². The fraction of sp³-hybridized carbons (Fsp3) is 0.385. The number of halogens is 1. The number of anilines is 1. The number of morpholine rings is 1. The molecule has 1 aromatic carbocycles. The molecule has 1 aliphatic rings. The molecule has 1 aliphatic heterocycles. The number of ether oxygens (including phenoxy) is 1. The maximum atomic E-state index is 11.1. The van der Waals surface area contributed by atoms with Crippen molar-refractivity contribution in [2.45, 2.75) is 13.0 Å². The molecule has 0 amide bonds. The van der Waals surface area contributed by atoms with E-state index in [4.69, 9.17) is 20.8 Å². The number of carboxylic acid groups (broad SMARTS) is 1. The zero-order valence-electron chi connectivity index (χ0n) is 11.8. The minimum absolute atomic E-state index is 0. The summed E-state index contributed by atoms with van der Waals surface area (Å²) in [6.45, 7) is 3.78. The molecule has 0 bridgehead atoms. The number of aromatic carboxylic acids is 1. The summed E-state index contributed by atoms with van der Waals surface area (Å²) in [7, 11) is 0. The second-order valence-electron chi connectivity index (χ2n) is 4.70. The van der Waals surface area contributed by atoms with Gasteiger partial charge in [0.15, 0.2) is 5.58 Å².